The van der Waals surface area contributed by atoms with Crippen LogP contribution in [0.25, 0.3) is 0 Å². The van der Waals surface area contributed by atoms with Crippen molar-refractivity contribution in [1.29, 1.82) is 0 Å². The van der Waals surface area contributed by atoms with Crippen LogP contribution in [0.3, 0.4) is 0 Å². The molecule has 0 spiro atoms. The van der Waals surface area contributed by atoms with Gasteiger partial charge in [-0.3, -0.25) is 4.79 Å². The first-order valence-corrected chi connectivity index (χ1v) is 6.93. The van der Waals surface area contributed by atoms with Crippen molar-refractivity contribution in [3.8, 4) is 0 Å². The Balaban J connectivity index is 3.76. The Morgan fingerprint density at radius 1 is 1.32 bits per heavy atom. The van der Waals surface area contributed by atoms with E-state index in [4.69, 9.17) is 4.74 Å². The van der Waals surface area contributed by atoms with E-state index in [0.29, 0.717) is 19.6 Å². The molecule has 0 radical (unpaired) electrons. The zero-order valence-electron chi connectivity index (χ0n) is 13.2. The normalized spacial score (nSPS) is 11.7. The van der Waals surface area contributed by atoms with Gasteiger partial charge in [0.2, 0.25) is 5.91 Å². The van der Waals surface area contributed by atoms with E-state index in [1.807, 2.05) is 39.8 Å². The molecule has 0 aliphatic carbocycles. The molecule has 0 saturated heterocycles. The van der Waals surface area contributed by atoms with Crippen LogP contribution < -0.4 is 5.32 Å². The predicted octanol–water partition coefficient (Wildman–Crippen LogP) is 2.21. The van der Waals surface area contributed by atoms with Crippen LogP contribution in [0, 0.1) is 0 Å². The molecule has 1 amide bonds. The molecule has 0 saturated carbocycles. The third-order valence-corrected chi connectivity index (χ3v) is 2.86. The van der Waals surface area contributed by atoms with Gasteiger partial charge in [0.15, 0.2) is 0 Å². The van der Waals surface area contributed by atoms with Crippen molar-refractivity contribution in [3.05, 3.63) is 12.2 Å². The summed E-state index contributed by atoms with van der Waals surface area (Å²) in [7, 11) is 3.98. The molecule has 0 unspecified atom stereocenters. The minimum absolute atomic E-state index is 0.0958. The van der Waals surface area contributed by atoms with Gasteiger partial charge >= 0.3 is 0 Å². The molecular formula is C15H30N2O2. The minimum atomic E-state index is -0.256. The van der Waals surface area contributed by atoms with E-state index in [-0.39, 0.29) is 11.5 Å². The van der Waals surface area contributed by atoms with Crippen LogP contribution in [0.1, 0.15) is 40.0 Å². The van der Waals surface area contributed by atoms with E-state index in [9.17, 15) is 4.79 Å². The number of hydrogen-bond acceptors (Lipinski definition) is 3. The first-order chi connectivity index (χ1) is 8.73. The molecule has 1 N–H and O–H groups in total. The number of amides is 1. The zero-order chi connectivity index (χ0) is 14.9. The first-order valence-electron chi connectivity index (χ1n) is 6.93. The molecule has 0 aromatic heterocycles. The number of carbonyl (C=O) groups is 1. The van der Waals surface area contributed by atoms with Crippen LogP contribution >= 0.6 is 0 Å². The second-order valence-corrected chi connectivity index (χ2v) is 5.97. The molecule has 19 heavy (non-hydrogen) atoms. The van der Waals surface area contributed by atoms with Gasteiger partial charge in [0, 0.05) is 19.5 Å². The lowest BCUT2D eigenvalue weighted by Gasteiger charge is -2.25. The summed E-state index contributed by atoms with van der Waals surface area (Å²) in [6.07, 6.45) is 2.11. The van der Waals surface area contributed by atoms with Gasteiger partial charge in [-0.05, 0) is 47.7 Å². The smallest absolute Gasteiger partial charge is 0.220 e. The molecular weight excluding hydrogens is 240 g/mol. The molecule has 0 aromatic rings. The van der Waals surface area contributed by atoms with Crippen molar-refractivity contribution in [3.63, 3.8) is 0 Å². The molecule has 0 aliphatic heterocycles. The summed E-state index contributed by atoms with van der Waals surface area (Å²) in [4.78, 5) is 13.7. The fraction of sp³-hybridized carbons (Fsp3) is 0.800. The Bertz CT molecular complexity index is 286. The first kappa shape index (κ1) is 18.1. The van der Waals surface area contributed by atoms with Crippen LogP contribution in [-0.4, -0.2) is 50.2 Å². The van der Waals surface area contributed by atoms with Crippen LogP contribution in [-0.2, 0) is 9.53 Å². The third-order valence-electron chi connectivity index (χ3n) is 2.86. The van der Waals surface area contributed by atoms with Gasteiger partial charge in [0.05, 0.1) is 12.2 Å². The van der Waals surface area contributed by atoms with Crippen molar-refractivity contribution < 1.29 is 9.53 Å². The monoisotopic (exact) mass is 270 g/mol. The Kier molecular flexibility index (Phi) is 8.68. The highest BCUT2D eigenvalue weighted by Gasteiger charge is 2.19. The van der Waals surface area contributed by atoms with Gasteiger partial charge in [0.1, 0.15) is 0 Å². The average molecular weight is 270 g/mol. The molecule has 112 valence electrons. The van der Waals surface area contributed by atoms with E-state index >= 15 is 0 Å². The lowest BCUT2D eigenvalue weighted by molar-refractivity contribution is -0.122. The summed E-state index contributed by atoms with van der Waals surface area (Å²) in [5, 5.41) is 2.91. The number of nitrogens with zero attached hydrogens (tertiary/aromatic N) is 1. The van der Waals surface area contributed by atoms with E-state index in [1.54, 1.807) is 0 Å². The lowest BCUT2D eigenvalue weighted by Crippen LogP contribution is -2.33. The molecule has 0 aliphatic rings. The van der Waals surface area contributed by atoms with Crippen molar-refractivity contribution in [2.24, 2.45) is 0 Å². The topological polar surface area (TPSA) is 41.6 Å². The quantitative estimate of drug-likeness (QED) is 0.619. The van der Waals surface area contributed by atoms with Gasteiger partial charge < -0.3 is 15.0 Å². The van der Waals surface area contributed by atoms with Crippen molar-refractivity contribution in [2.75, 3.05) is 33.8 Å². The fourth-order valence-electron chi connectivity index (χ4n) is 1.50. The van der Waals surface area contributed by atoms with Crippen molar-refractivity contribution in [1.82, 2.24) is 10.2 Å². The number of rotatable bonds is 10. The van der Waals surface area contributed by atoms with Crippen molar-refractivity contribution >= 4 is 5.91 Å². The van der Waals surface area contributed by atoms with Crippen LogP contribution in [0.2, 0.25) is 0 Å². The van der Waals surface area contributed by atoms with Gasteiger partial charge in [-0.2, -0.15) is 0 Å². The number of hydrogen-bond donors (Lipinski definition) is 1. The molecule has 0 atom stereocenters. The molecule has 4 heteroatoms. The molecule has 0 rings (SSSR count). The SMILES string of the molecule is C=C(C)CCOC(C)(C)CCC(=O)NCCN(C)C. The van der Waals surface area contributed by atoms with Crippen LogP contribution in [0.5, 0.6) is 0 Å². The van der Waals surface area contributed by atoms with Gasteiger partial charge in [-0.25, -0.2) is 0 Å². The maximum absolute atomic E-state index is 11.7. The summed E-state index contributed by atoms with van der Waals surface area (Å²) >= 11 is 0. The Labute approximate surface area is 118 Å². The molecule has 0 fully saturated rings. The largest absolute Gasteiger partial charge is 0.375 e. The molecule has 0 bridgehead atoms. The highest BCUT2D eigenvalue weighted by molar-refractivity contribution is 5.75. The standard InChI is InChI=1S/C15H30N2O2/c1-13(2)8-12-19-15(3,4)9-7-14(18)16-10-11-17(5)6/h1,7-12H2,2-6H3,(H,16,18). The maximum Gasteiger partial charge on any atom is 0.220 e. The Morgan fingerprint density at radius 3 is 2.47 bits per heavy atom. The fourth-order valence-corrected chi connectivity index (χ4v) is 1.50. The van der Waals surface area contributed by atoms with Crippen LogP contribution in [0.4, 0.5) is 0 Å². The summed E-state index contributed by atoms with van der Waals surface area (Å²) < 4.78 is 5.78. The van der Waals surface area contributed by atoms with Gasteiger partial charge in [-0.15, -0.1) is 6.58 Å². The number of ether oxygens (including phenoxy) is 1. The Morgan fingerprint density at radius 2 is 1.95 bits per heavy atom. The van der Waals surface area contributed by atoms with E-state index in [0.717, 1.165) is 25.0 Å². The Hall–Kier alpha value is -0.870. The lowest BCUT2D eigenvalue weighted by atomic mass is 10.0. The second kappa shape index (κ2) is 9.10. The molecule has 0 aromatic carbocycles. The predicted molar refractivity (Wildman–Crippen MR) is 80.3 cm³/mol. The van der Waals surface area contributed by atoms with Crippen molar-refractivity contribution in [2.45, 2.75) is 45.6 Å². The second-order valence-electron chi connectivity index (χ2n) is 5.97. The average Bonchev–Trinajstić information content (AvgIpc) is 2.25. The number of nitrogens with one attached hydrogen (secondary N) is 1. The molecule has 0 heterocycles. The zero-order valence-corrected chi connectivity index (χ0v) is 13.2. The summed E-state index contributed by atoms with van der Waals surface area (Å²) in [6, 6.07) is 0. The third kappa shape index (κ3) is 11.9. The van der Waals surface area contributed by atoms with Gasteiger partial charge in [-0.1, -0.05) is 5.57 Å². The maximum atomic E-state index is 11.7. The highest BCUT2D eigenvalue weighted by atomic mass is 16.5. The van der Waals surface area contributed by atoms with E-state index < -0.39 is 0 Å². The summed E-state index contributed by atoms with van der Waals surface area (Å²) in [5.41, 5.74) is 0.867. The van der Waals surface area contributed by atoms with Crippen LogP contribution in [0.15, 0.2) is 12.2 Å². The number of likely N-dealkylation sites (N-methyl/N-ethyl adjacent to an activating group) is 1. The minimum Gasteiger partial charge on any atom is -0.375 e. The number of carbonyl (C=O) groups excluding carboxylic acids is 1. The summed E-state index contributed by atoms with van der Waals surface area (Å²) in [5.74, 6) is 0.0958. The summed E-state index contributed by atoms with van der Waals surface area (Å²) in [6.45, 7) is 12.1. The van der Waals surface area contributed by atoms with Gasteiger partial charge in [0.25, 0.3) is 0 Å². The van der Waals surface area contributed by atoms with E-state index in [2.05, 4.69) is 11.9 Å². The van der Waals surface area contributed by atoms with E-state index in [1.165, 1.54) is 0 Å². The molecule has 4 nitrogen and oxygen atoms in total. The highest BCUT2D eigenvalue weighted by Crippen LogP contribution is 2.17.